The minimum atomic E-state index is -0.108. The fourth-order valence-electron chi connectivity index (χ4n) is 2.86. The second kappa shape index (κ2) is 8.60. The third-order valence-electron chi connectivity index (χ3n) is 4.18. The molecule has 1 unspecified atom stereocenters. The highest BCUT2D eigenvalue weighted by molar-refractivity contribution is 7.99. The smallest absolute Gasteiger partial charge is 0.323 e. The fraction of sp³-hybridized carbons (Fsp3) is 0.316. The second-order valence-corrected chi connectivity index (χ2v) is 7.75. The van der Waals surface area contributed by atoms with Crippen molar-refractivity contribution in [1.29, 1.82) is 0 Å². The summed E-state index contributed by atoms with van der Waals surface area (Å²) in [5.74, 6) is 2.39. The maximum atomic E-state index is 12.9. The van der Waals surface area contributed by atoms with E-state index in [0.29, 0.717) is 6.54 Å². The SMILES string of the molecule is COc1ccc(OC)c(C2SCCN2C(=O)Nc2cccc(SC)c2)c1. The second-order valence-electron chi connectivity index (χ2n) is 5.69. The molecule has 1 aliphatic heterocycles. The van der Waals surface area contributed by atoms with Gasteiger partial charge < -0.3 is 19.7 Å². The summed E-state index contributed by atoms with van der Waals surface area (Å²) < 4.78 is 10.8. The van der Waals surface area contributed by atoms with Crippen LogP contribution in [-0.4, -0.2) is 43.7 Å². The summed E-state index contributed by atoms with van der Waals surface area (Å²) in [6.07, 6.45) is 2.02. The van der Waals surface area contributed by atoms with Gasteiger partial charge in [-0.15, -0.1) is 23.5 Å². The van der Waals surface area contributed by atoms with Gasteiger partial charge in [-0.1, -0.05) is 6.07 Å². The molecule has 1 heterocycles. The Labute approximate surface area is 162 Å². The molecule has 26 heavy (non-hydrogen) atoms. The van der Waals surface area contributed by atoms with Gasteiger partial charge in [0.2, 0.25) is 0 Å². The van der Waals surface area contributed by atoms with Gasteiger partial charge in [-0.25, -0.2) is 4.79 Å². The Bertz CT molecular complexity index is 785. The summed E-state index contributed by atoms with van der Waals surface area (Å²) in [5, 5.41) is 2.91. The maximum Gasteiger partial charge on any atom is 0.323 e. The van der Waals surface area contributed by atoms with E-state index in [0.717, 1.165) is 33.4 Å². The quantitative estimate of drug-likeness (QED) is 0.750. The van der Waals surface area contributed by atoms with Crippen LogP contribution in [0.5, 0.6) is 11.5 Å². The molecule has 7 heteroatoms. The van der Waals surface area contributed by atoms with Crippen LogP contribution >= 0.6 is 23.5 Å². The van der Waals surface area contributed by atoms with Crippen LogP contribution in [0.15, 0.2) is 47.4 Å². The lowest BCUT2D eigenvalue weighted by atomic mass is 10.1. The van der Waals surface area contributed by atoms with E-state index >= 15 is 0 Å². The van der Waals surface area contributed by atoms with Crippen LogP contribution < -0.4 is 14.8 Å². The standard InChI is InChI=1S/C19H22N2O3S2/c1-23-14-7-8-17(24-2)16(12-14)18-21(9-10-26-18)19(22)20-13-5-4-6-15(11-13)25-3/h4-8,11-12,18H,9-10H2,1-3H3,(H,20,22). The van der Waals surface area contributed by atoms with Gasteiger partial charge in [-0.2, -0.15) is 0 Å². The highest BCUT2D eigenvalue weighted by atomic mass is 32.2. The Hall–Kier alpha value is -1.99. The molecule has 0 aromatic heterocycles. The van der Waals surface area contributed by atoms with Gasteiger partial charge in [0, 0.05) is 28.4 Å². The molecule has 0 saturated carbocycles. The molecule has 3 rings (SSSR count). The normalized spacial score (nSPS) is 16.4. The first kappa shape index (κ1) is 18.8. The van der Waals surface area contributed by atoms with E-state index < -0.39 is 0 Å². The summed E-state index contributed by atoms with van der Waals surface area (Å²) >= 11 is 3.37. The number of carbonyl (C=O) groups excluding carboxylic acids is 1. The summed E-state index contributed by atoms with van der Waals surface area (Å²) in [6.45, 7) is 0.684. The van der Waals surface area contributed by atoms with E-state index in [-0.39, 0.29) is 11.4 Å². The molecule has 2 aromatic rings. The van der Waals surface area contributed by atoms with E-state index in [1.807, 2.05) is 53.6 Å². The molecule has 0 aliphatic carbocycles. The van der Waals surface area contributed by atoms with Crippen molar-refractivity contribution in [1.82, 2.24) is 4.90 Å². The Kier molecular flexibility index (Phi) is 6.21. The highest BCUT2D eigenvalue weighted by Gasteiger charge is 2.33. The zero-order chi connectivity index (χ0) is 18.5. The van der Waals surface area contributed by atoms with Gasteiger partial charge >= 0.3 is 6.03 Å². The molecule has 2 amide bonds. The third-order valence-corrected chi connectivity index (χ3v) is 6.14. The number of nitrogens with one attached hydrogen (secondary N) is 1. The number of rotatable bonds is 5. The number of nitrogens with zero attached hydrogens (tertiary/aromatic N) is 1. The molecule has 1 aliphatic rings. The third kappa shape index (κ3) is 4.04. The van der Waals surface area contributed by atoms with Crippen molar-refractivity contribution in [3.05, 3.63) is 48.0 Å². The van der Waals surface area contributed by atoms with E-state index in [9.17, 15) is 4.79 Å². The number of methoxy groups -OCH3 is 2. The van der Waals surface area contributed by atoms with Crippen molar-refractivity contribution < 1.29 is 14.3 Å². The number of hydrogen-bond donors (Lipinski definition) is 1. The van der Waals surface area contributed by atoms with Gasteiger partial charge in [-0.3, -0.25) is 0 Å². The Morgan fingerprint density at radius 1 is 1.23 bits per heavy atom. The monoisotopic (exact) mass is 390 g/mol. The Morgan fingerprint density at radius 2 is 2.08 bits per heavy atom. The first-order valence-corrected chi connectivity index (χ1v) is 10.5. The number of hydrogen-bond acceptors (Lipinski definition) is 5. The molecular formula is C19H22N2O3S2. The summed E-state index contributed by atoms with van der Waals surface area (Å²) in [4.78, 5) is 15.8. The zero-order valence-corrected chi connectivity index (χ0v) is 16.7. The first-order chi connectivity index (χ1) is 12.7. The van der Waals surface area contributed by atoms with Gasteiger partial charge in [0.1, 0.15) is 16.9 Å². The lowest BCUT2D eigenvalue weighted by molar-refractivity contribution is 0.213. The van der Waals surface area contributed by atoms with Crippen LogP contribution in [-0.2, 0) is 0 Å². The topological polar surface area (TPSA) is 50.8 Å². The van der Waals surface area contributed by atoms with E-state index in [1.54, 1.807) is 37.7 Å². The average molecular weight is 391 g/mol. The van der Waals surface area contributed by atoms with Gasteiger partial charge in [-0.05, 0) is 42.7 Å². The van der Waals surface area contributed by atoms with Crippen LogP contribution in [0.2, 0.25) is 0 Å². The van der Waals surface area contributed by atoms with Crippen molar-refractivity contribution in [2.45, 2.75) is 10.3 Å². The van der Waals surface area contributed by atoms with Gasteiger partial charge in [0.25, 0.3) is 0 Å². The Balaban J connectivity index is 1.82. The van der Waals surface area contributed by atoms with Crippen LogP contribution in [0.25, 0.3) is 0 Å². The van der Waals surface area contributed by atoms with Gasteiger partial charge in [0.05, 0.1) is 14.2 Å². The van der Waals surface area contributed by atoms with Crippen LogP contribution in [0, 0.1) is 0 Å². The molecule has 138 valence electrons. The number of thioether (sulfide) groups is 2. The number of benzene rings is 2. The number of amides is 2. The number of ether oxygens (including phenoxy) is 2. The molecular weight excluding hydrogens is 368 g/mol. The summed E-state index contributed by atoms with van der Waals surface area (Å²) in [6, 6.07) is 13.4. The van der Waals surface area contributed by atoms with Crippen molar-refractivity contribution in [2.24, 2.45) is 0 Å². The molecule has 1 atom stereocenters. The highest BCUT2D eigenvalue weighted by Crippen LogP contribution is 2.43. The fourth-order valence-corrected chi connectivity index (χ4v) is 4.59. The molecule has 0 radical (unpaired) electrons. The summed E-state index contributed by atoms with van der Waals surface area (Å²) in [5.41, 5.74) is 1.75. The predicted octanol–water partition coefficient (Wildman–Crippen LogP) is 4.71. The van der Waals surface area contributed by atoms with E-state index in [4.69, 9.17) is 9.47 Å². The lowest BCUT2D eigenvalue weighted by Gasteiger charge is -2.26. The average Bonchev–Trinajstić information content (AvgIpc) is 3.17. The molecule has 0 spiro atoms. The van der Waals surface area contributed by atoms with Gasteiger partial charge in [0.15, 0.2) is 0 Å². The Morgan fingerprint density at radius 3 is 2.81 bits per heavy atom. The molecule has 0 bridgehead atoms. The van der Waals surface area contributed by atoms with Crippen molar-refractivity contribution in [3.63, 3.8) is 0 Å². The first-order valence-electron chi connectivity index (χ1n) is 8.21. The predicted molar refractivity (Wildman–Crippen MR) is 109 cm³/mol. The lowest BCUT2D eigenvalue weighted by Crippen LogP contribution is -2.34. The molecule has 2 aromatic carbocycles. The number of carbonyl (C=O) groups is 1. The minimum absolute atomic E-state index is 0.108. The van der Waals surface area contributed by atoms with E-state index in [2.05, 4.69) is 5.32 Å². The zero-order valence-electron chi connectivity index (χ0n) is 15.0. The van der Waals surface area contributed by atoms with Crippen molar-refractivity contribution in [3.8, 4) is 11.5 Å². The van der Waals surface area contributed by atoms with Crippen LogP contribution in [0.4, 0.5) is 10.5 Å². The number of urea groups is 1. The summed E-state index contributed by atoms with van der Waals surface area (Å²) in [7, 11) is 3.28. The maximum absolute atomic E-state index is 12.9. The molecule has 1 N–H and O–H groups in total. The molecule has 5 nitrogen and oxygen atoms in total. The largest absolute Gasteiger partial charge is 0.497 e. The van der Waals surface area contributed by atoms with Crippen LogP contribution in [0.1, 0.15) is 10.9 Å². The van der Waals surface area contributed by atoms with Crippen LogP contribution in [0.3, 0.4) is 0 Å². The molecule has 1 fully saturated rings. The van der Waals surface area contributed by atoms with Crippen molar-refractivity contribution >= 4 is 35.2 Å². The van der Waals surface area contributed by atoms with E-state index in [1.165, 1.54) is 0 Å². The number of anilines is 1. The molecule has 1 saturated heterocycles. The minimum Gasteiger partial charge on any atom is -0.497 e. The van der Waals surface area contributed by atoms with Crippen molar-refractivity contribution in [2.75, 3.05) is 38.1 Å².